The van der Waals surface area contributed by atoms with E-state index in [0.717, 1.165) is 5.56 Å². The molecular weight excluding hydrogens is 295 g/mol. The van der Waals surface area contributed by atoms with Gasteiger partial charge in [0.1, 0.15) is 5.75 Å². The Kier molecular flexibility index (Phi) is 5.52. The van der Waals surface area contributed by atoms with Gasteiger partial charge < -0.3 is 9.47 Å². The van der Waals surface area contributed by atoms with Crippen LogP contribution in [-0.4, -0.2) is 19.0 Å². The Balaban J connectivity index is 2.20. The molecule has 0 heterocycles. The summed E-state index contributed by atoms with van der Waals surface area (Å²) in [7, 11) is 1.38. The zero-order chi connectivity index (χ0) is 16.8. The van der Waals surface area contributed by atoms with Crippen LogP contribution in [0.1, 0.15) is 29.8 Å². The number of ketones is 1. The molecule has 120 valence electrons. The van der Waals surface area contributed by atoms with Gasteiger partial charge in [-0.1, -0.05) is 18.2 Å². The number of rotatable bonds is 6. The minimum absolute atomic E-state index is 0.0379. The average molecular weight is 314 g/mol. The number of allylic oxidation sites excluding steroid dienone is 1. The van der Waals surface area contributed by atoms with Crippen LogP contribution in [0, 0.1) is 5.82 Å². The maximum absolute atomic E-state index is 13.7. The molecule has 2 aromatic carbocycles. The van der Waals surface area contributed by atoms with Gasteiger partial charge in [0.25, 0.3) is 0 Å². The Morgan fingerprint density at radius 1 is 1.13 bits per heavy atom. The van der Waals surface area contributed by atoms with Crippen molar-refractivity contribution in [3.63, 3.8) is 0 Å². The molecule has 0 fully saturated rings. The van der Waals surface area contributed by atoms with Crippen LogP contribution < -0.4 is 9.47 Å². The highest BCUT2D eigenvalue weighted by Crippen LogP contribution is 2.22. The van der Waals surface area contributed by atoms with Crippen molar-refractivity contribution in [3.05, 3.63) is 65.5 Å². The van der Waals surface area contributed by atoms with Crippen LogP contribution in [0.3, 0.4) is 0 Å². The molecule has 4 heteroatoms. The number of hydrogen-bond donors (Lipinski definition) is 0. The molecule has 0 unspecified atom stereocenters. The molecule has 0 saturated carbocycles. The van der Waals surface area contributed by atoms with Crippen molar-refractivity contribution in [2.75, 3.05) is 7.11 Å². The van der Waals surface area contributed by atoms with E-state index >= 15 is 0 Å². The van der Waals surface area contributed by atoms with Gasteiger partial charge in [-0.05, 0) is 50.3 Å². The highest BCUT2D eigenvalue weighted by Gasteiger charge is 2.08. The number of hydrogen-bond acceptors (Lipinski definition) is 3. The monoisotopic (exact) mass is 314 g/mol. The molecule has 0 bridgehead atoms. The predicted octanol–water partition coefficient (Wildman–Crippen LogP) is 4.52. The third-order valence-corrected chi connectivity index (χ3v) is 3.13. The van der Waals surface area contributed by atoms with E-state index in [1.807, 2.05) is 38.1 Å². The summed E-state index contributed by atoms with van der Waals surface area (Å²) in [5, 5.41) is 0. The zero-order valence-electron chi connectivity index (χ0n) is 13.4. The highest BCUT2D eigenvalue weighted by molar-refractivity contribution is 6.07. The molecule has 0 radical (unpaired) electrons. The average Bonchev–Trinajstić information content (AvgIpc) is 2.53. The molecule has 0 atom stereocenters. The summed E-state index contributed by atoms with van der Waals surface area (Å²) in [5.74, 6) is -0.0325. The van der Waals surface area contributed by atoms with Gasteiger partial charge in [-0.3, -0.25) is 4.79 Å². The van der Waals surface area contributed by atoms with Crippen molar-refractivity contribution in [1.82, 2.24) is 0 Å². The van der Waals surface area contributed by atoms with Crippen molar-refractivity contribution in [2.45, 2.75) is 20.0 Å². The van der Waals surface area contributed by atoms with E-state index in [9.17, 15) is 9.18 Å². The number of halogens is 1. The Bertz CT molecular complexity index is 720. The first-order chi connectivity index (χ1) is 11.0. The molecule has 0 aromatic heterocycles. The van der Waals surface area contributed by atoms with E-state index in [0.29, 0.717) is 5.75 Å². The molecule has 0 aliphatic heterocycles. The predicted molar refractivity (Wildman–Crippen MR) is 88.5 cm³/mol. The minimum Gasteiger partial charge on any atom is -0.494 e. The lowest BCUT2D eigenvalue weighted by molar-refractivity contribution is 0.104. The first-order valence-electron chi connectivity index (χ1n) is 7.33. The molecule has 0 saturated heterocycles. The molecule has 0 aliphatic carbocycles. The fourth-order valence-corrected chi connectivity index (χ4v) is 2.06. The molecule has 2 rings (SSSR count). The zero-order valence-corrected chi connectivity index (χ0v) is 13.4. The Hall–Kier alpha value is -2.62. The Morgan fingerprint density at radius 2 is 1.87 bits per heavy atom. The maximum atomic E-state index is 13.7. The molecule has 23 heavy (non-hydrogen) atoms. The molecule has 0 amide bonds. The van der Waals surface area contributed by atoms with Crippen molar-refractivity contribution in [2.24, 2.45) is 0 Å². The van der Waals surface area contributed by atoms with Crippen molar-refractivity contribution < 1.29 is 18.7 Å². The number of methoxy groups -OCH3 is 1. The summed E-state index contributed by atoms with van der Waals surface area (Å²) < 4.78 is 24.2. The molecule has 2 aromatic rings. The molecule has 0 aliphatic rings. The van der Waals surface area contributed by atoms with Crippen molar-refractivity contribution in [3.8, 4) is 11.5 Å². The fourth-order valence-electron chi connectivity index (χ4n) is 2.06. The van der Waals surface area contributed by atoms with Gasteiger partial charge >= 0.3 is 0 Å². The molecule has 0 N–H and O–H groups in total. The standard InChI is InChI=1S/C19H19FO3/c1-13(2)23-18-7-5-4-6-14(18)8-10-17(21)15-9-11-19(22-3)16(20)12-15/h4-13H,1-3H3. The van der Waals surface area contributed by atoms with Gasteiger partial charge in [0.05, 0.1) is 13.2 Å². The van der Waals surface area contributed by atoms with Gasteiger partial charge in [-0.15, -0.1) is 0 Å². The van der Waals surface area contributed by atoms with E-state index in [2.05, 4.69) is 0 Å². The van der Waals surface area contributed by atoms with Gasteiger partial charge in [0.2, 0.25) is 0 Å². The third-order valence-electron chi connectivity index (χ3n) is 3.13. The Labute approximate surface area is 135 Å². The van der Waals surface area contributed by atoms with Crippen LogP contribution in [0.25, 0.3) is 6.08 Å². The summed E-state index contributed by atoms with van der Waals surface area (Å²) >= 11 is 0. The van der Waals surface area contributed by atoms with Crippen molar-refractivity contribution in [1.29, 1.82) is 0 Å². The summed E-state index contributed by atoms with van der Waals surface area (Å²) in [6.07, 6.45) is 3.11. The lowest BCUT2D eigenvalue weighted by atomic mass is 10.1. The topological polar surface area (TPSA) is 35.5 Å². The van der Waals surface area contributed by atoms with E-state index in [1.165, 1.54) is 31.4 Å². The highest BCUT2D eigenvalue weighted by atomic mass is 19.1. The second-order valence-electron chi connectivity index (χ2n) is 5.25. The van der Waals surface area contributed by atoms with Crippen molar-refractivity contribution >= 4 is 11.9 Å². The first kappa shape index (κ1) is 16.7. The van der Waals surface area contributed by atoms with Crippen LogP contribution in [-0.2, 0) is 0 Å². The van der Waals surface area contributed by atoms with Crippen LogP contribution in [0.2, 0.25) is 0 Å². The van der Waals surface area contributed by atoms with Gasteiger partial charge in [-0.25, -0.2) is 4.39 Å². The van der Waals surface area contributed by atoms with Crippen LogP contribution in [0.4, 0.5) is 4.39 Å². The SMILES string of the molecule is COc1ccc(C(=O)C=Cc2ccccc2OC(C)C)cc1F. The second-order valence-corrected chi connectivity index (χ2v) is 5.25. The van der Waals surface area contributed by atoms with Gasteiger partial charge in [-0.2, -0.15) is 0 Å². The largest absolute Gasteiger partial charge is 0.494 e. The smallest absolute Gasteiger partial charge is 0.185 e. The normalized spacial score (nSPS) is 11.0. The minimum atomic E-state index is -0.560. The fraction of sp³-hybridized carbons (Fsp3) is 0.211. The van der Waals surface area contributed by atoms with Gasteiger partial charge in [0.15, 0.2) is 17.3 Å². The summed E-state index contributed by atoms with van der Waals surface area (Å²) in [5.41, 5.74) is 1.06. The van der Waals surface area contributed by atoms with Gasteiger partial charge in [0, 0.05) is 11.1 Å². The summed E-state index contributed by atoms with van der Waals surface area (Å²) in [4.78, 5) is 12.2. The quantitative estimate of drug-likeness (QED) is 0.581. The number of carbonyl (C=O) groups excluding carboxylic acids is 1. The first-order valence-corrected chi connectivity index (χ1v) is 7.33. The van der Waals surface area contributed by atoms with Crippen LogP contribution in [0.5, 0.6) is 11.5 Å². The molecule has 3 nitrogen and oxygen atoms in total. The lowest BCUT2D eigenvalue weighted by Gasteiger charge is -2.11. The molecule has 0 spiro atoms. The lowest BCUT2D eigenvalue weighted by Crippen LogP contribution is -2.06. The van der Waals surface area contributed by atoms with Crippen LogP contribution >= 0.6 is 0 Å². The second kappa shape index (κ2) is 7.58. The number of ether oxygens (including phenoxy) is 2. The third kappa shape index (κ3) is 4.42. The van der Waals surface area contributed by atoms with E-state index in [-0.39, 0.29) is 23.2 Å². The van der Waals surface area contributed by atoms with E-state index in [4.69, 9.17) is 9.47 Å². The number of benzene rings is 2. The van der Waals surface area contributed by atoms with Crippen LogP contribution in [0.15, 0.2) is 48.5 Å². The maximum Gasteiger partial charge on any atom is 0.185 e. The number of para-hydroxylation sites is 1. The summed E-state index contributed by atoms with van der Waals surface area (Å²) in [6, 6.07) is 11.6. The molecular formula is C19H19FO3. The van der Waals surface area contributed by atoms with E-state index in [1.54, 1.807) is 6.08 Å². The summed E-state index contributed by atoms with van der Waals surface area (Å²) in [6.45, 7) is 3.87. The Morgan fingerprint density at radius 3 is 2.52 bits per heavy atom. The number of carbonyl (C=O) groups is 1. The van der Waals surface area contributed by atoms with E-state index < -0.39 is 5.82 Å².